The van der Waals surface area contributed by atoms with Crippen molar-refractivity contribution in [3.05, 3.63) is 35.9 Å². The molecule has 1 aromatic carbocycles. The minimum atomic E-state index is -0.726. The molecule has 0 aliphatic heterocycles. The van der Waals surface area contributed by atoms with Crippen LogP contribution in [0.5, 0.6) is 0 Å². The van der Waals surface area contributed by atoms with Gasteiger partial charge in [-0.25, -0.2) is 4.79 Å². The van der Waals surface area contributed by atoms with Gasteiger partial charge in [-0.1, -0.05) is 43.7 Å². The molecule has 0 aliphatic rings. The second-order valence-electron chi connectivity index (χ2n) is 8.91. The van der Waals surface area contributed by atoms with E-state index in [1.807, 2.05) is 51.1 Å². The number of hydrogen-bond donors (Lipinski definition) is 5. The average Bonchev–Trinajstić information content (AvgIpc) is 2.81. The van der Waals surface area contributed by atoms with E-state index >= 15 is 0 Å². The molecule has 5 amide bonds. The monoisotopic (exact) mass is 489 g/mol. The van der Waals surface area contributed by atoms with Crippen molar-refractivity contribution in [2.24, 2.45) is 0 Å². The first-order valence-corrected chi connectivity index (χ1v) is 12.7. The Balaban J connectivity index is 2.55. The molecular weight excluding hydrogens is 446 g/mol. The molecule has 9 heteroatoms. The summed E-state index contributed by atoms with van der Waals surface area (Å²) in [4.78, 5) is 49.1. The fourth-order valence-electron chi connectivity index (χ4n) is 3.61. The molecule has 196 valence electrons. The molecule has 0 fully saturated rings. The number of benzene rings is 1. The maximum atomic E-state index is 12.8. The lowest BCUT2D eigenvalue weighted by molar-refractivity contribution is -0.129. The van der Waals surface area contributed by atoms with E-state index in [1.165, 1.54) is 0 Å². The lowest BCUT2D eigenvalue weighted by Gasteiger charge is -2.20. The molecule has 1 rings (SSSR count). The van der Waals surface area contributed by atoms with Gasteiger partial charge in [-0.2, -0.15) is 0 Å². The van der Waals surface area contributed by atoms with Gasteiger partial charge in [-0.3, -0.25) is 14.4 Å². The van der Waals surface area contributed by atoms with E-state index in [1.54, 1.807) is 0 Å². The number of carbonyl (C=O) groups excluding carboxylic acids is 4. The molecule has 0 saturated carbocycles. The molecule has 0 saturated heterocycles. The zero-order valence-corrected chi connectivity index (χ0v) is 21.6. The third-order valence-corrected chi connectivity index (χ3v) is 5.47. The molecule has 1 aromatic rings. The van der Waals surface area contributed by atoms with Crippen molar-refractivity contribution in [1.29, 1.82) is 0 Å². The summed E-state index contributed by atoms with van der Waals surface area (Å²) in [6.45, 7) is 8.65. The predicted molar refractivity (Wildman–Crippen MR) is 138 cm³/mol. The summed E-state index contributed by atoms with van der Waals surface area (Å²) in [5.74, 6) is -0.586. The van der Waals surface area contributed by atoms with E-state index < -0.39 is 6.04 Å². The van der Waals surface area contributed by atoms with Crippen LogP contribution in [0.1, 0.15) is 71.8 Å². The number of urea groups is 1. The predicted octanol–water partition coefficient (Wildman–Crippen LogP) is 2.40. The minimum absolute atomic E-state index is 0.0490. The Labute approximate surface area is 209 Å². The van der Waals surface area contributed by atoms with Crippen molar-refractivity contribution in [2.75, 3.05) is 13.1 Å². The van der Waals surface area contributed by atoms with E-state index in [-0.39, 0.29) is 42.3 Å². The first-order chi connectivity index (χ1) is 16.7. The smallest absolute Gasteiger partial charge is 0.315 e. The number of hydrogen-bond acceptors (Lipinski definition) is 4. The van der Waals surface area contributed by atoms with Crippen LogP contribution in [0.2, 0.25) is 0 Å². The Morgan fingerprint density at radius 3 is 2.09 bits per heavy atom. The SMILES string of the molecule is CCCC(C)NC(=O)NC(C)CCC(=O)NC(Cc1ccccc1)C(=O)NCCCC(=O)NCC. The molecule has 0 bridgehead atoms. The maximum Gasteiger partial charge on any atom is 0.315 e. The number of nitrogens with one attached hydrogen (secondary N) is 5. The van der Waals surface area contributed by atoms with E-state index in [0.29, 0.717) is 38.8 Å². The second-order valence-corrected chi connectivity index (χ2v) is 8.91. The Kier molecular flexibility index (Phi) is 14.8. The molecule has 0 heterocycles. The Bertz CT molecular complexity index is 787. The van der Waals surface area contributed by atoms with Crippen molar-refractivity contribution in [1.82, 2.24) is 26.6 Å². The quantitative estimate of drug-likeness (QED) is 0.228. The molecule has 3 atom stereocenters. The van der Waals surface area contributed by atoms with Gasteiger partial charge in [0.15, 0.2) is 0 Å². The van der Waals surface area contributed by atoms with E-state index in [2.05, 4.69) is 33.5 Å². The summed E-state index contributed by atoms with van der Waals surface area (Å²) < 4.78 is 0. The van der Waals surface area contributed by atoms with E-state index in [4.69, 9.17) is 0 Å². The molecule has 0 radical (unpaired) electrons. The summed E-state index contributed by atoms with van der Waals surface area (Å²) in [6, 6.07) is 8.42. The Hall–Kier alpha value is -3.10. The highest BCUT2D eigenvalue weighted by atomic mass is 16.2. The summed E-state index contributed by atoms with van der Waals surface area (Å²) >= 11 is 0. The van der Waals surface area contributed by atoms with Gasteiger partial charge in [0.2, 0.25) is 17.7 Å². The van der Waals surface area contributed by atoms with Crippen molar-refractivity contribution in [2.45, 2.75) is 90.8 Å². The topological polar surface area (TPSA) is 128 Å². The van der Waals surface area contributed by atoms with E-state index in [9.17, 15) is 19.2 Å². The minimum Gasteiger partial charge on any atom is -0.356 e. The number of carbonyl (C=O) groups is 4. The highest BCUT2D eigenvalue weighted by Gasteiger charge is 2.21. The fourth-order valence-corrected chi connectivity index (χ4v) is 3.61. The third-order valence-electron chi connectivity index (χ3n) is 5.47. The van der Waals surface area contributed by atoms with Gasteiger partial charge in [-0.15, -0.1) is 0 Å². The van der Waals surface area contributed by atoms with Crippen LogP contribution in [0.3, 0.4) is 0 Å². The Morgan fingerprint density at radius 2 is 1.46 bits per heavy atom. The molecule has 0 aliphatic carbocycles. The van der Waals surface area contributed by atoms with Gasteiger partial charge in [0, 0.05) is 44.4 Å². The Morgan fingerprint density at radius 1 is 0.800 bits per heavy atom. The average molecular weight is 490 g/mol. The zero-order chi connectivity index (χ0) is 26.1. The molecule has 9 nitrogen and oxygen atoms in total. The highest BCUT2D eigenvalue weighted by molar-refractivity contribution is 5.88. The summed E-state index contributed by atoms with van der Waals surface area (Å²) in [7, 11) is 0. The first kappa shape index (κ1) is 29.9. The third kappa shape index (κ3) is 14.0. The van der Waals surface area contributed by atoms with Crippen LogP contribution in [-0.2, 0) is 20.8 Å². The van der Waals surface area contributed by atoms with Gasteiger partial charge in [0.25, 0.3) is 0 Å². The van der Waals surface area contributed by atoms with Crippen LogP contribution in [0.15, 0.2) is 30.3 Å². The lowest BCUT2D eigenvalue weighted by Crippen LogP contribution is -2.48. The number of rotatable bonds is 16. The summed E-state index contributed by atoms with van der Waals surface area (Å²) in [5.41, 5.74) is 0.933. The molecule has 5 N–H and O–H groups in total. The van der Waals surface area contributed by atoms with Crippen LogP contribution < -0.4 is 26.6 Å². The highest BCUT2D eigenvalue weighted by Crippen LogP contribution is 2.05. The van der Waals surface area contributed by atoms with Gasteiger partial charge >= 0.3 is 6.03 Å². The second kappa shape index (κ2) is 17.4. The van der Waals surface area contributed by atoms with Gasteiger partial charge in [-0.05, 0) is 45.6 Å². The van der Waals surface area contributed by atoms with E-state index in [0.717, 1.165) is 18.4 Å². The van der Waals surface area contributed by atoms with Crippen LogP contribution in [-0.4, -0.2) is 55.0 Å². The van der Waals surface area contributed by atoms with Crippen LogP contribution in [0, 0.1) is 0 Å². The largest absolute Gasteiger partial charge is 0.356 e. The lowest BCUT2D eigenvalue weighted by atomic mass is 10.0. The standard InChI is InChI=1S/C26H43N5O4/c1-5-11-19(3)29-26(35)30-20(4)15-16-24(33)31-22(18-21-12-8-7-9-13-21)25(34)28-17-10-14-23(32)27-6-2/h7-9,12-13,19-20,22H,5-6,10-11,14-18H2,1-4H3,(H,27,32)(H,28,34)(H,31,33)(H2,29,30,35). The molecule has 0 spiro atoms. The molecule has 0 aromatic heterocycles. The fraction of sp³-hybridized carbons (Fsp3) is 0.615. The van der Waals surface area contributed by atoms with Crippen LogP contribution in [0.4, 0.5) is 4.79 Å². The van der Waals surface area contributed by atoms with Crippen molar-refractivity contribution in [3.8, 4) is 0 Å². The van der Waals surface area contributed by atoms with Crippen molar-refractivity contribution >= 4 is 23.8 Å². The summed E-state index contributed by atoms with van der Waals surface area (Å²) in [5, 5.41) is 14.1. The zero-order valence-electron chi connectivity index (χ0n) is 21.6. The van der Waals surface area contributed by atoms with Crippen LogP contribution in [0.25, 0.3) is 0 Å². The molecule has 3 unspecified atom stereocenters. The maximum absolute atomic E-state index is 12.8. The first-order valence-electron chi connectivity index (χ1n) is 12.7. The van der Waals surface area contributed by atoms with Gasteiger partial charge < -0.3 is 26.6 Å². The van der Waals surface area contributed by atoms with Crippen molar-refractivity contribution in [3.63, 3.8) is 0 Å². The molecular formula is C26H43N5O4. The van der Waals surface area contributed by atoms with Gasteiger partial charge in [0.05, 0.1) is 0 Å². The normalized spacial score (nSPS) is 13.1. The van der Waals surface area contributed by atoms with Gasteiger partial charge in [0.1, 0.15) is 6.04 Å². The van der Waals surface area contributed by atoms with Crippen LogP contribution >= 0.6 is 0 Å². The summed E-state index contributed by atoms with van der Waals surface area (Å²) in [6.07, 6.45) is 3.74. The van der Waals surface area contributed by atoms with Crippen molar-refractivity contribution < 1.29 is 19.2 Å². The molecule has 35 heavy (non-hydrogen) atoms. The number of amides is 5.